The Kier molecular flexibility index (Phi) is 6.71. The van der Waals surface area contributed by atoms with Crippen LogP contribution in [0.1, 0.15) is 36.8 Å². The van der Waals surface area contributed by atoms with Crippen LogP contribution in [-0.2, 0) is 14.3 Å². The minimum Gasteiger partial charge on any atom is -0.507 e. The highest BCUT2D eigenvalue weighted by molar-refractivity contribution is 7.10. The summed E-state index contributed by atoms with van der Waals surface area (Å²) in [4.78, 5) is 27.9. The third kappa shape index (κ3) is 4.52. The molecule has 1 aromatic carbocycles. The summed E-state index contributed by atoms with van der Waals surface area (Å²) >= 11 is 1.45. The lowest BCUT2D eigenvalue weighted by Gasteiger charge is -2.24. The molecule has 0 spiro atoms. The molecule has 1 N–H and O–H groups in total. The van der Waals surface area contributed by atoms with Gasteiger partial charge in [-0.05, 0) is 56.0 Å². The molecule has 1 saturated heterocycles. The third-order valence-electron chi connectivity index (χ3n) is 4.60. The van der Waals surface area contributed by atoms with Gasteiger partial charge in [-0.15, -0.1) is 11.3 Å². The lowest BCUT2D eigenvalue weighted by atomic mass is 10.00. The van der Waals surface area contributed by atoms with Gasteiger partial charge in [-0.1, -0.05) is 6.07 Å². The van der Waals surface area contributed by atoms with Crippen molar-refractivity contribution in [1.29, 1.82) is 0 Å². The molecule has 0 saturated carbocycles. The van der Waals surface area contributed by atoms with Gasteiger partial charge in [-0.2, -0.15) is 0 Å². The molecule has 0 bridgehead atoms. The van der Waals surface area contributed by atoms with E-state index < -0.39 is 17.7 Å². The highest BCUT2D eigenvalue weighted by Gasteiger charge is 2.46. The second kappa shape index (κ2) is 9.24. The topological polar surface area (TPSA) is 76.1 Å². The molecule has 1 unspecified atom stereocenters. The van der Waals surface area contributed by atoms with E-state index >= 15 is 0 Å². The molecular formula is C22H25NO5S. The normalized spacial score (nSPS) is 18.6. The van der Waals surface area contributed by atoms with E-state index in [9.17, 15) is 14.7 Å². The summed E-state index contributed by atoms with van der Waals surface area (Å²) in [6.07, 6.45) is 0.637. The van der Waals surface area contributed by atoms with E-state index in [0.29, 0.717) is 30.9 Å². The van der Waals surface area contributed by atoms with E-state index in [2.05, 4.69) is 0 Å². The molecular weight excluding hydrogens is 390 g/mol. The second-order valence-corrected chi connectivity index (χ2v) is 8.02. The average molecular weight is 416 g/mol. The van der Waals surface area contributed by atoms with Crippen LogP contribution < -0.4 is 4.74 Å². The fraction of sp³-hybridized carbons (Fsp3) is 0.364. The number of benzene rings is 1. The highest BCUT2D eigenvalue weighted by Crippen LogP contribution is 2.41. The van der Waals surface area contributed by atoms with E-state index in [1.807, 2.05) is 31.4 Å². The van der Waals surface area contributed by atoms with Crippen molar-refractivity contribution in [2.75, 3.05) is 20.3 Å². The summed E-state index contributed by atoms with van der Waals surface area (Å²) in [5.41, 5.74) is 0.588. The molecule has 1 atom stereocenters. The van der Waals surface area contributed by atoms with E-state index in [0.717, 1.165) is 4.88 Å². The van der Waals surface area contributed by atoms with E-state index in [-0.39, 0.29) is 17.4 Å². The van der Waals surface area contributed by atoms with Crippen LogP contribution in [0.4, 0.5) is 0 Å². The van der Waals surface area contributed by atoms with Gasteiger partial charge in [0.1, 0.15) is 11.5 Å². The first-order valence-electron chi connectivity index (χ1n) is 9.52. The summed E-state index contributed by atoms with van der Waals surface area (Å²) in [5, 5.41) is 12.9. The maximum atomic E-state index is 12.8. The monoisotopic (exact) mass is 415 g/mol. The van der Waals surface area contributed by atoms with E-state index in [4.69, 9.17) is 9.47 Å². The lowest BCUT2D eigenvalue weighted by Crippen LogP contribution is -2.31. The van der Waals surface area contributed by atoms with Gasteiger partial charge in [-0.3, -0.25) is 9.59 Å². The number of methoxy groups -OCH3 is 1. The molecule has 29 heavy (non-hydrogen) atoms. The van der Waals surface area contributed by atoms with Gasteiger partial charge < -0.3 is 19.5 Å². The zero-order chi connectivity index (χ0) is 21.0. The van der Waals surface area contributed by atoms with Crippen LogP contribution in [0.3, 0.4) is 0 Å². The van der Waals surface area contributed by atoms with Crippen LogP contribution >= 0.6 is 11.3 Å². The Hall–Kier alpha value is -2.64. The quantitative estimate of drug-likeness (QED) is 0.305. The van der Waals surface area contributed by atoms with Crippen LogP contribution in [0.2, 0.25) is 0 Å². The Morgan fingerprint density at radius 1 is 1.21 bits per heavy atom. The number of carbonyl (C=O) groups is 2. The van der Waals surface area contributed by atoms with Crippen molar-refractivity contribution in [3.05, 3.63) is 57.8 Å². The van der Waals surface area contributed by atoms with Crippen molar-refractivity contribution >= 4 is 28.8 Å². The molecule has 0 aliphatic carbocycles. The number of hydrogen-bond acceptors (Lipinski definition) is 6. The molecule has 6 nitrogen and oxygen atoms in total. The van der Waals surface area contributed by atoms with Crippen molar-refractivity contribution in [2.45, 2.75) is 32.4 Å². The van der Waals surface area contributed by atoms with Gasteiger partial charge in [-0.25, -0.2) is 0 Å². The molecule has 7 heteroatoms. The smallest absolute Gasteiger partial charge is 0.295 e. The van der Waals surface area contributed by atoms with Crippen LogP contribution in [0.15, 0.2) is 47.4 Å². The number of thiophene rings is 1. The number of carbonyl (C=O) groups excluding carboxylic acids is 2. The zero-order valence-electron chi connectivity index (χ0n) is 16.8. The van der Waals surface area contributed by atoms with Gasteiger partial charge in [0.25, 0.3) is 11.7 Å². The van der Waals surface area contributed by atoms with Gasteiger partial charge >= 0.3 is 0 Å². The van der Waals surface area contributed by atoms with Crippen LogP contribution in [0, 0.1) is 0 Å². The Morgan fingerprint density at radius 2 is 1.93 bits per heavy atom. The molecule has 154 valence electrons. The predicted molar refractivity (Wildman–Crippen MR) is 112 cm³/mol. The first-order valence-corrected chi connectivity index (χ1v) is 10.4. The Labute approximate surface area is 174 Å². The maximum Gasteiger partial charge on any atom is 0.295 e. The van der Waals surface area contributed by atoms with Crippen LogP contribution in [-0.4, -0.2) is 48.1 Å². The summed E-state index contributed by atoms with van der Waals surface area (Å²) < 4.78 is 10.7. The third-order valence-corrected chi connectivity index (χ3v) is 5.52. The number of aliphatic hydroxyl groups is 1. The number of ketones is 1. The number of amides is 1. The summed E-state index contributed by atoms with van der Waals surface area (Å²) in [6, 6.07) is 10.0. The number of ether oxygens (including phenoxy) is 2. The molecule has 1 aliphatic rings. The SMILES string of the molecule is COCCCN1C(=O)C(=O)C(=C(O)c2ccc(OC(C)C)cc2)C1c1cccs1. The molecule has 3 rings (SSSR count). The number of Topliss-reactive ketones (excluding diaryl/α,β-unsaturated/α-hetero) is 1. The first-order chi connectivity index (χ1) is 13.9. The summed E-state index contributed by atoms with van der Waals surface area (Å²) in [7, 11) is 1.59. The number of hydrogen-bond donors (Lipinski definition) is 1. The van der Waals surface area contributed by atoms with Crippen molar-refractivity contribution in [2.24, 2.45) is 0 Å². The fourth-order valence-corrected chi connectivity index (χ4v) is 4.20. The van der Waals surface area contributed by atoms with Gasteiger partial charge in [0.2, 0.25) is 0 Å². The lowest BCUT2D eigenvalue weighted by molar-refractivity contribution is -0.140. The number of rotatable bonds is 8. The largest absolute Gasteiger partial charge is 0.507 e. The van der Waals surface area contributed by atoms with Crippen molar-refractivity contribution in [3.63, 3.8) is 0 Å². The summed E-state index contributed by atoms with van der Waals surface area (Å²) in [5.74, 6) is -0.764. The Bertz CT molecular complexity index is 886. The first kappa shape index (κ1) is 21.1. The van der Waals surface area contributed by atoms with Crippen LogP contribution in [0.5, 0.6) is 5.75 Å². The van der Waals surface area contributed by atoms with Crippen molar-refractivity contribution < 1.29 is 24.2 Å². The molecule has 2 aromatic rings. The highest BCUT2D eigenvalue weighted by atomic mass is 32.1. The van der Waals surface area contributed by atoms with Crippen molar-refractivity contribution in [3.8, 4) is 5.75 Å². The molecule has 1 aliphatic heterocycles. The standard InChI is InChI=1S/C22H25NO5S/c1-14(2)28-16-9-7-15(8-10-16)20(24)18-19(17-6-4-13-29-17)23(11-5-12-27-3)22(26)21(18)25/h4,6-10,13-14,19,24H,5,11-12H2,1-3H3. The average Bonchev–Trinajstić information content (AvgIpc) is 3.30. The summed E-state index contributed by atoms with van der Waals surface area (Å²) in [6.45, 7) is 4.72. The second-order valence-electron chi connectivity index (χ2n) is 7.05. The number of aliphatic hydroxyl groups excluding tert-OH is 1. The predicted octanol–water partition coefficient (Wildman–Crippen LogP) is 3.99. The Morgan fingerprint density at radius 3 is 2.52 bits per heavy atom. The van der Waals surface area contributed by atoms with E-state index in [1.165, 1.54) is 16.2 Å². The molecule has 1 fully saturated rings. The minimum absolute atomic E-state index is 0.0331. The van der Waals surface area contributed by atoms with E-state index in [1.54, 1.807) is 31.4 Å². The molecule has 0 radical (unpaired) electrons. The minimum atomic E-state index is -0.666. The number of likely N-dealkylation sites (tertiary alicyclic amines) is 1. The number of nitrogens with zero attached hydrogens (tertiary/aromatic N) is 1. The fourth-order valence-electron chi connectivity index (χ4n) is 3.35. The van der Waals surface area contributed by atoms with Crippen LogP contribution in [0.25, 0.3) is 5.76 Å². The maximum absolute atomic E-state index is 12.8. The van der Waals surface area contributed by atoms with Crippen molar-refractivity contribution in [1.82, 2.24) is 4.90 Å². The molecule has 1 aromatic heterocycles. The van der Waals surface area contributed by atoms with Gasteiger partial charge in [0.05, 0.1) is 17.7 Å². The van der Waals surface area contributed by atoms with Gasteiger partial charge in [0.15, 0.2) is 0 Å². The zero-order valence-corrected chi connectivity index (χ0v) is 17.6. The Balaban J connectivity index is 1.99. The molecule has 2 heterocycles. The van der Waals surface area contributed by atoms with Gasteiger partial charge in [0, 0.05) is 30.7 Å². The molecule has 1 amide bonds.